The van der Waals surface area contributed by atoms with Gasteiger partial charge in [-0.3, -0.25) is 18.8 Å². The van der Waals surface area contributed by atoms with E-state index >= 15 is 0 Å². The number of pyridine rings is 1. The van der Waals surface area contributed by atoms with Crippen molar-refractivity contribution in [1.82, 2.24) is 14.3 Å². The predicted molar refractivity (Wildman–Crippen MR) is 94.8 cm³/mol. The van der Waals surface area contributed by atoms with Crippen LogP contribution in [0.25, 0.3) is 27.6 Å². The minimum Gasteiger partial charge on any atom is -0.468 e. The number of carbonyl (C=O) groups is 1. The fourth-order valence-electron chi connectivity index (χ4n) is 2.75. The summed E-state index contributed by atoms with van der Waals surface area (Å²) >= 11 is 3.24. The molecule has 0 N–H and O–H groups in total. The highest BCUT2D eigenvalue weighted by Crippen LogP contribution is 2.22. The van der Waals surface area contributed by atoms with Gasteiger partial charge in [0.15, 0.2) is 4.67 Å². The van der Waals surface area contributed by atoms with Crippen molar-refractivity contribution in [1.29, 1.82) is 0 Å². The van der Waals surface area contributed by atoms with E-state index in [-0.39, 0.29) is 18.1 Å². The molecular formula is C17H12BrN3O4. The molecule has 0 aliphatic carbocycles. The third-order valence-electron chi connectivity index (χ3n) is 3.97. The SMILES string of the molecule is COC(=O)Cn1ncc2cc(-n3ccc4oc(Br)cc4c3=O)ccc21. The molecule has 3 aromatic heterocycles. The number of ether oxygens (including phenoxy) is 1. The lowest BCUT2D eigenvalue weighted by molar-refractivity contribution is -0.141. The van der Waals surface area contributed by atoms with Crippen molar-refractivity contribution < 1.29 is 13.9 Å². The molecule has 0 atom stereocenters. The number of aromatic nitrogens is 3. The van der Waals surface area contributed by atoms with Gasteiger partial charge in [0, 0.05) is 23.3 Å². The van der Waals surface area contributed by atoms with Crippen molar-refractivity contribution in [2.75, 3.05) is 7.11 Å². The third-order valence-corrected chi connectivity index (χ3v) is 4.36. The number of methoxy groups -OCH3 is 1. The van der Waals surface area contributed by atoms with Crippen molar-refractivity contribution in [3.63, 3.8) is 0 Å². The van der Waals surface area contributed by atoms with Crippen LogP contribution in [0.1, 0.15) is 0 Å². The summed E-state index contributed by atoms with van der Waals surface area (Å²) in [6.07, 6.45) is 3.32. The van der Waals surface area contributed by atoms with Gasteiger partial charge in [0.2, 0.25) is 0 Å². The van der Waals surface area contributed by atoms with Gasteiger partial charge in [-0.1, -0.05) is 0 Å². The number of carbonyl (C=O) groups excluding carboxylic acids is 1. The summed E-state index contributed by atoms with van der Waals surface area (Å²) in [5.74, 6) is -0.374. The number of nitrogens with zero attached hydrogens (tertiary/aromatic N) is 3. The van der Waals surface area contributed by atoms with Crippen LogP contribution in [0.5, 0.6) is 0 Å². The van der Waals surface area contributed by atoms with Gasteiger partial charge in [0.1, 0.15) is 12.1 Å². The lowest BCUT2D eigenvalue weighted by Gasteiger charge is -2.06. The Morgan fingerprint density at radius 2 is 2.16 bits per heavy atom. The lowest BCUT2D eigenvalue weighted by atomic mass is 10.2. The Morgan fingerprint density at radius 1 is 1.32 bits per heavy atom. The van der Waals surface area contributed by atoms with E-state index in [0.717, 1.165) is 10.9 Å². The molecule has 0 saturated carbocycles. The van der Waals surface area contributed by atoms with Crippen LogP contribution >= 0.6 is 15.9 Å². The summed E-state index contributed by atoms with van der Waals surface area (Å²) in [4.78, 5) is 24.1. The van der Waals surface area contributed by atoms with Crippen LogP contribution in [0, 0.1) is 0 Å². The maximum absolute atomic E-state index is 12.7. The number of furan rings is 1. The van der Waals surface area contributed by atoms with Crippen LogP contribution in [0.2, 0.25) is 0 Å². The van der Waals surface area contributed by atoms with Crippen LogP contribution in [-0.4, -0.2) is 27.4 Å². The van der Waals surface area contributed by atoms with Crippen LogP contribution in [0.3, 0.4) is 0 Å². The van der Waals surface area contributed by atoms with Gasteiger partial charge in [0.25, 0.3) is 5.56 Å². The van der Waals surface area contributed by atoms with E-state index in [4.69, 9.17) is 4.42 Å². The molecule has 4 aromatic rings. The molecule has 4 rings (SSSR count). The third kappa shape index (κ3) is 2.64. The molecule has 3 heterocycles. The molecule has 126 valence electrons. The molecule has 0 aliphatic rings. The molecule has 0 amide bonds. The zero-order valence-electron chi connectivity index (χ0n) is 13.1. The Hall–Kier alpha value is -2.87. The number of rotatable bonds is 3. The Balaban J connectivity index is 1.81. The fourth-order valence-corrected chi connectivity index (χ4v) is 3.15. The number of hydrogen-bond donors (Lipinski definition) is 0. The summed E-state index contributed by atoms with van der Waals surface area (Å²) < 4.78 is 13.7. The molecule has 1 aromatic carbocycles. The highest BCUT2D eigenvalue weighted by Gasteiger charge is 2.12. The zero-order valence-corrected chi connectivity index (χ0v) is 14.7. The predicted octanol–water partition coefficient (Wildman–Crippen LogP) is 2.87. The second kappa shape index (κ2) is 5.89. The molecule has 0 radical (unpaired) electrons. The first-order valence-corrected chi connectivity index (χ1v) is 8.19. The summed E-state index contributed by atoms with van der Waals surface area (Å²) in [5.41, 5.74) is 1.84. The van der Waals surface area contributed by atoms with Gasteiger partial charge in [-0.25, -0.2) is 0 Å². The molecule has 0 aliphatic heterocycles. The van der Waals surface area contributed by atoms with Gasteiger partial charge < -0.3 is 9.15 Å². The molecule has 8 heteroatoms. The summed E-state index contributed by atoms with van der Waals surface area (Å²) in [5, 5.41) is 5.52. The van der Waals surface area contributed by atoms with Crippen LogP contribution in [0.15, 0.2) is 56.6 Å². The first kappa shape index (κ1) is 15.6. The first-order valence-electron chi connectivity index (χ1n) is 7.40. The maximum Gasteiger partial charge on any atom is 0.327 e. The minimum absolute atomic E-state index is 0.0360. The van der Waals surface area contributed by atoms with Gasteiger partial charge in [-0.15, -0.1) is 0 Å². The molecule has 0 saturated heterocycles. The van der Waals surface area contributed by atoms with E-state index in [0.29, 0.717) is 21.3 Å². The molecule has 7 nitrogen and oxygen atoms in total. The average Bonchev–Trinajstić information content (AvgIpc) is 3.18. The topological polar surface area (TPSA) is 79.3 Å². The number of halogens is 1. The van der Waals surface area contributed by atoms with E-state index in [9.17, 15) is 9.59 Å². The second-order valence-electron chi connectivity index (χ2n) is 5.44. The van der Waals surface area contributed by atoms with E-state index in [2.05, 4.69) is 25.8 Å². The Bertz CT molecular complexity index is 1170. The quantitative estimate of drug-likeness (QED) is 0.493. The van der Waals surface area contributed by atoms with Crippen molar-refractivity contribution in [3.8, 4) is 5.69 Å². The maximum atomic E-state index is 12.7. The highest BCUT2D eigenvalue weighted by molar-refractivity contribution is 9.10. The van der Waals surface area contributed by atoms with Crippen molar-refractivity contribution in [2.45, 2.75) is 6.54 Å². The summed E-state index contributed by atoms with van der Waals surface area (Å²) in [6, 6.07) is 8.87. The normalized spacial score (nSPS) is 11.3. The largest absolute Gasteiger partial charge is 0.468 e. The Morgan fingerprint density at radius 3 is 2.96 bits per heavy atom. The molecular weight excluding hydrogens is 390 g/mol. The summed E-state index contributed by atoms with van der Waals surface area (Å²) in [6.45, 7) is 0.0360. The number of fused-ring (bicyclic) bond motifs is 2. The highest BCUT2D eigenvalue weighted by atomic mass is 79.9. The van der Waals surface area contributed by atoms with Gasteiger partial charge in [0.05, 0.1) is 24.2 Å². The molecule has 0 unspecified atom stereocenters. The second-order valence-corrected chi connectivity index (χ2v) is 6.22. The fraction of sp³-hybridized carbons (Fsp3) is 0.118. The van der Waals surface area contributed by atoms with Crippen molar-refractivity contribution in [3.05, 3.63) is 57.7 Å². The van der Waals surface area contributed by atoms with Gasteiger partial charge in [-0.05, 0) is 40.2 Å². The average molecular weight is 402 g/mol. The summed E-state index contributed by atoms with van der Waals surface area (Å²) in [7, 11) is 1.34. The molecule has 0 fully saturated rings. The van der Waals surface area contributed by atoms with Crippen molar-refractivity contribution >= 4 is 43.8 Å². The Labute approximate surface area is 149 Å². The minimum atomic E-state index is -0.374. The molecule has 25 heavy (non-hydrogen) atoms. The zero-order chi connectivity index (χ0) is 17.6. The first-order chi connectivity index (χ1) is 12.1. The number of esters is 1. The van der Waals surface area contributed by atoms with Crippen LogP contribution < -0.4 is 5.56 Å². The van der Waals surface area contributed by atoms with Crippen molar-refractivity contribution in [2.24, 2.45) is 0 Å². The van der Waals surface area contributed by atoms with Crippen LogP contribution in [0.4, 0.5) is 0 Å². The Kier molecular flexibility index (Phi) is 3.69. The van der Waals surface area contributed by atoms with E-state index < -0.39 is 0 Å². The number of benzene rings is 1. The van der Waals surface area contributed by atoms with Crippen LogP contribution in [-0.2, 0) is 16.1 Å². The van der Waals surface area contributed by atoms with Gasteiger partial charge >= 0.3 is 5.97 Å². The van der Waals surface area contributed by atoms with E-state index in [1.807, 2.05) is 12.1 Å². The monoisotopic (exact) mass is 401 g/mol. The molecule has 0 bridgehead atoms. The van der Waals surface area contributed by atoms with E-state index in [1.165, 1.54) is 7.11 Å². The van der Waals surface area contributed by atoms with E-state index in [1.54, 1.807) is 39.8 Å². The van der Waals surface area contributed by atoms with Gasteiger partial charge in [-0.2, -0.15) is 5.10 Å². The number of hydrogen-bond acceptors (Lipinski definition) is 5. The lowest BCUT2D eigenvalue weighted by Crippen LogP contribution is -2.16. The standard InChI is InChI=1S/C17H12BrN3O4/c1-24-16(22)9-21-13-3-2-11(6-10(13)8-19-21)20-5-4-14-12(17(20)23)7-15(18)25-14/h2-8H,9H2,1H3. The smallest absolute Gasteiger partial charge is 0.327 e. The molecule has 0 spiro atoms.